The van der Waals surface area contributed by atoms with Gasteiger partial charge in [0, 0.05) is 21.5 Å². The summed E-state index contributed by atoms with van der Waals surface area (Å²) < 4.78 is 0. The molecule has 0 bridgehead atoms. The molecule has 0 amide bonds. The van der Waals surface area contributed by atoms with Gasteiger partial charge in [-0.25, -0.2) is 0 Å². The first kappa shape index (κ1) is 13.9. The number of halogens is 3. The largest absolute Gasteiger partial charge is 0.123 e. The third kappa shape index (κ3) is 2.46. The SMILES string of the molecule is CC(C)C(C(C)Cl)(C(C)Cl)C(C)Cl. The van der Waals surface area contributed by atoms with Gasteiger partial charge in [0.25, 0.3) is 0 Å². The minimum atomic E-state index is -0.204. The number of hydrogen-bond donors (Lipinski definition) is 0. The van der Waals surface area contributed by atoms with E-state index >= 15 is 0 Å². The second kappa shape index (κ2) is 5.09. The van der Waals surface area contributed by atoms with Crippen molar-refractivity contribution >= 4 is 34.8 Å². The van der Waals surface area contributed by atoms with Crippen molar-refractivity contribution in [2.45, 2.75) is 50.7 Å². The molecular weight excluding hydrogens is 226 g/mol. The second-order valence-electron chi connectivity index (χ2n) is 4.00. The summed E-state index contributed by atoms with van der Waals surface area (Å²) in [5.41, 5.74) is -0.204. The first-order chi connectivity index (χ1) is 5.77. The minimum absolute atomic E-state index is 0.0208. The van der Waals surface area contributed by atoms with Crippen molar-refractivity contribution < 1.29 is 0 Å². The summed E-state index contributed by atoms with van der Waals surface area (Å²) in [6, 6.07) is 0. The van der Waals surface area contributed by atoms with Crippen molar-refractivity contribution in [1.29, 1.82) is 0 Å². The van der Waals surface area contributed by atoms with Gasteiger partial charge in [0.1, 0.15) is 0 Å². The van der Waals surface area contributed by atoms with Crippen LogP contribution in [0.25, 0.3) is 0 Å². The van der Waals surface area contributed by atoms with Crippen molar-refractivity contribution in [1.82, 2.24) is 0 Å². The van der Waals surface area contributed by atoms with E-state index in [2.05, 4.69) is 13.8 Å². The first-order valence-electron chi connectivity index (χ1n) is 4.70. The molecule has 0 radical (unpaired) electrons. The highest BCUT2D eigenvalue weighted by molar-refractivity contribution is 6.27. The van der Waals surface area contributed by atoms with Crippen molar-refractivity contribution in [3.05, 3.63) is 0 Å². The molecule has 0 aliphatic rings. The van der Waals surface area contributed by atoms with Gasteiger partial charge in [0.2, 0.25) is 0 Å². The molecule has 0 rings (SSSR count). The number of hydrogen-bond acceptors (Lipinski definition) is 0. The molecule has 80 valence electrons. The average Bonchev–Trinajstić information content (AvgIpc) is 1.82. The van der Waals surface area contributed by atoms with Crippen LogP contribution < -0.4 is 0 Å². The van der Waals surface area contributed by atoms with Gasteiger partial charge in [-0.3, -0.25) is 0 Å². The van der Waals surface area contributed by atoms with Crippen molar-refractivity contribution in [3.63, 3.8) is 0 Å². The summed E-state index contributed by atoms with van der Waals surface area (Å²) in [7, 11) is 0. The molecular formula is C10H19Cl3. The van der Waals surface area contributed by atoms with Gasteiger partial charge in [-0.2, -0.15) is 0 Å². The summed E-state index contributed by atoms with van der Waals surface area (Å²) in [5.74, 6) is 0.375. The molecule has 0 aliphatic carbocycles. The molecule has 3 unspecified atom stereocenters. The maximum atomic E-state index is 6.22. The Hall–Kier alpha value is 0.870. The smallest absolute Gasteiger partial charge is 0.0394 e. The molecule has 3 atom stereocenters. The monoisotopic (exact) mass is 244 g/mol. The van der Waals surface area contributed by atoms with Gasteiger partial charge in [0.05, 0.1) is 0 Å². The van der Waals surface area contributed by atoms with E-state index in [0.717, 1.165) is 0 Å². The summed E-state index contributed by atoms with van der Waals surface area (Å²) in [6.45, 7) is 10.2. The van der Waals surface area contributed by atoms with Gasteiger partial charge in [0.15, 0.2) is 0 Å². The van der Waals surface area contributed by atoms with Crippen LogP contribution in [0.4, 0.5) is 0 Å². The van der Waals surface area contributed by atoms with Gasteiger partial charge < -0.3 is 0 Å². The van der Waals surface area contributed by atoms with Gasteiger partial charge in [-0.05, 0) is 26.7 Å². The van der Waals surface area contributed by atoms with Crippen LogP contribution >= 0.6 is 34.8 Å². The second-order valence-corrected chi connectivity index (χ2v) is 5.97. The van der Waals surface area contributed by atoms with E-state index in [1.54, 1.807) is 0 Å². The third-order valence-electron chi connectivity index (χ3n) is 3.07. The Morgan fingerprint density at radius 3 is 0.923 bits per heavy atom. The molecule has 0 fully saturated rings. The zero-order valence-electron chi connectivity index (χ0n) is 8.94. The van der Waals surface area contributed by atoms with Gasteiger partial charge in [-0.15, -0.1) is 34.8 Å². The predicted octanol–water partition coefficient (Wildman–Crippen LogP) is 4.51. The van der Waals surface area contributed by atoms with Gasteiger partial charge in [-0.1, -0.05) is 13.8 Å². The maximum Gasteiger partial charge on any atom is 0.0394 e. The van der Waals surface area contributed by atoms with Crippen LogP contribution in [0.3, 0.4) is 0 Å². The van der Waals surface area contributed by atoms with E-state index in [1.807, 2.05) is 20.8 Å². The lowest BCUT2D eigenvalue weighted by Crippen LogP contribution is -2.48. The Morgan fingerprint density at radius 2 is 0.923 bits per heavy atom. The van der Waals surface area contributed by atoms with Crippen molar-refractivity contribution in [3.8, 4) is 0 Å². The van der Waals surface area contributed by atoms with Crippen LogP contribution in [0.15, 0.2) is 0 Å². The fraction of sp³-hybridized carbons (Fsp3) is 1.00. The summed E-state index contributed by atoms with van der Waals surface area (Å²) >= 11 is 18.6. The highest BCUT2D eigenvalue weighted by Crippen LogP contribution is 2.46. The maximum absolute atomic E-state index is 6.22. The predicted molar refractivity (Wildman–Crippen MR) is 63.2 cm³/mol. The standard InChI is InChI=1S/C10H19Cl3/c1-6(2)10(7(3)11,8(4)12)9(5)13/h6-9H,1-5H3. The lowest BCUT2D eigenvalue weighted by atomic mass is 9.70. The molecule has 0 aromatic rings. The van der Waals surface area contributed by atoms with Gasteiger partial charge >= 0.3 is 0 Å². The van der Waals surface area contributed by atoms with Crippen LogP contribution in [0.5, 0.6) is 0 Å². The molecule has 0 saturated carbocycles. The van der Waals surface area contributed by atoms with E-state index in [4.69, 9.17) is 34.8 Å². The van der Waals surface area contributed by atoms with E-state index in [-0.39, 0.29) is 21.5 Å². The van der Waals surface area contributed by atoms with Crippen LogP contribution in [0, 0.1) is 11.3 Å². The normalized spacial score (nSPS) is 23.8. The van der Waals surface area contributed by atoms with Crippen LogP contribution in [0.2, 0.25) is 0 Å². The molecule has 0 heterocycles. The first-order valence-corrected chi connectivity index (χ1v) is 6.01. The Labute approximate surface area is 96.9 Å². The van der Waals surface area contributed by atoms with Crippen LogP contribution in [-0.4, -0.2) is 16.1 Å². The highest BCUT2D eigenvalue weighted by Gasteiger charge is 2.46. The fourth-order valence-corrected chi connectivity index (χ4v) is 4.41. The molecule has 3 heteroatoms. The number of alkyl halides is 3. The Morgan fingerprint density at radius 1 is 0.692 bits per heavy atom. The molecule has 13 heavy (non-hydrogen) atoms. The number of rotatable bonds is 4. The summed E-state index contributed by atoms with van der Waals surface area (Å²) in [6.07, 6.45) is 0. The molecule has 0 aromatic carbocycles. The summed E-state index contributed by atoms with van der Waals surface area (Å²) in [4.78, 5) is 0. The Balaban J connectivity index is 5.06. The Kier molecular flexibility index (Phi) is 5.43. The van der Waals surface area contributed by atoms with Crippen LogP contribution in [-0.2, 0) is 0 Å². The van der Waals surface area contributed by atoms with Crippen LogP contribution in [0.1, 0.15) is 34.6 Å². The quantitative estimate of drug-likeness (QED) is 0.639. The van der Waals surface area contributed by atoms with E-state index in [1.165, 1.54) is 0 Å². The average molecular weight is 246 g/mol. The Bertz CT molecular complexity index is 113. The molecule has 0 N–H and O–H groups in total. The van der Waals surface area contributed by atoms with E-state index < -0.39 is 0 Å². The zero-order chi connectivity index (χ0) is 10.8. The lowest BCUT2D eigenvalue weighted by Gasteiger charge is -2.44. The molecule has 0 nitrogen and oxygen atoms in total. The van der Waals surface area contributed by atoms with Crippen molar-refractivity contribution in [2.24, 2.45) is 11.3 Å². The fourth-order valence-electron chi connectivity index (χ4n) is 2.33. The lowest BCUT2D eigenvalue weighted by molar-refractivity contribution is 0.178. The minimum Gasteiger partial charge on any atom is -0.123 e. The molecule has 0 aromatic heterocycles. The highest BCUT2D eigenvalue weighted by atomic mass is 35.5. The molecule has 0 aliphatic heterocycles. The van der Waals surface area contributed by atoms with E-state index in [9.17, 15) is 0 Å². The van der Waals surface area contributed by atoms with Crippen molar-refractivity contribution in [2.75, 3.05) is 0 Å². The zero-order valence-corrected chi connectivity index (χ0v) is 11.2. The molecule has 0 saturated heterocycles. The topological polar surface area (TPSA) is 0 Å². The summed E-state index contributed by atoms with van der Waals surface area (Å²) in [5, 5.41) is -0.0625. The molecule has 0 spiro atoms. The third-order valence-corrected chi connectivity index (χ3v) is 4.20. The van der Waals surface area contributed by atoms with E-state index in [0.29, 0.717) is 5.92 Å².